The molecule has 35 heavy (non-hydrogen) atoms. The van der Waals surface area contributed by atoms with Gasteiger partial charge < -0.3 is 20.0 Å². The van der Waals surface area contributed by atoms with Gasteiger partial charge in [0, 0.05) is 42.2 Å². The number of benzene rings is 2. The first-order chi connectivity index (χ1) is 17.0. The molecule has 2 N–H and O–H groups in total. The lowest BCUT2D eigenvalue weighted by molar-refractivity contribution is 0.0899. The van der Waals surface area contributed by atoms with Crippen LogP contribution in [0, 0.1) is 0 Å². The van der Waals surface area contributed by atoms with Crippen molar-refractivity contribution in [2.24, 2.45) is 0 Å². The molecular formula is C27H28ClN5O2. The Balaban J connectivity index is 1.18. The van der Waals surface area contributed by atoms with Gasteiger partial charge in [0.15, 0.2) is 5.76 Å². The van der Waals surface area contributed by atoms with Crippen LogP contribution in [0.3, 0.4) is 0 Å². The largest absolute Gasteiger partial charge is 0.451 e. The summed E-state index contributed by atoms with van der Waals surface area (Å²) < 4.78 is 5.79. The standard InChI is InChI=1S/C27H28ClN5O2/c1-33(2)25-21-5-3-4-6-22(21)31-27(32-25)30-20-13-11-19(12-14-20)29-26(34)24-16-15-23(35-24)17-7-9-18(28)10-8-17/h3-10,15-16,19-20H,11-14H2,1-2H3,(H,29,34)(H,30,31,32). The van der Waals surface area contributed by atoms with Crippen LogP contribution in [0.5, 0.6) is 0 Å². The molecule has 1 aliphatic carbocycles. The van der Waals surface area contributed by atoms with E-state index in [-0.39, 0.29) is 18.0 Å². The summed E-state index contributed by atoms with van der Waals surface area (Å²) in [5.74, 6) is 2.32. The first-order valence-corrected chi connectivity index (χ1v) is 12.2. The Bertz CT molecular complexity index is 1330. The highest BCUT2D eigenvalue weighted by Crippen LogP contribution is 2.27. The van der Waals surface area contributed by atoms with Crippen molar-refractivity contribution in [1.29, 1.82) is 0 Å². The molecule has 180 valence electrons. The lowest BCUT2D eigenvalue weighted by Crippen LogP contribution is -2.40. The van der Waals surface area contributed by atoms with Crippen LogP contribution in [0.2, 0.25) is 5.02 Å². The van der Waals surface area contributed by atoms with Crippen LogP contribution >= 0.6 is 11.6 Å². The second kappa shape index (κ2) is 9.96. The zero-order chi connectivity index (χ0) is 24.4. The van der Waals surface area contributed by atoms with Crippen LogP contribution in [-0.4, -0.2) is 42.1 Å². The summed E-state index contributed by atoms with van der Waals surface area (Å²) in [5, 5.41) is 8.33. The third-order valence-electron chi connectivity index (χ3n) is 6.36. The SMILES string of the molecule is CN(C)c1nc(NC2CCC(NC(=O)c3ccc(-c4ccc(Cl)cc4)o3)CC2)nc2ccccc12. The van der Waals surface area contributed by atoms with Crippen LogP contribution in [0.15, 0.2) is 65.1 Å². The third kappa shape index (κ3) is 5.25. The fourth-order valence-corrected chi connectivity index (χ4v) is 4.64. The summed E-state index contributed by atoms with van der Waals surface area (Å²) in [6.07, 6.45) is 3.60. The van der Waals surface area contributed by atoms with Crippen LogP contribution in [0.25, 0.3) is 22.2 Å². The smallest absolute Gasteiger partial charge is 0.287 e. The molecule has 0 unspecified atom stereocenters. The van der Waals surface area contributed by atoms with E-state index in [1.807, 2.05) is 61.5 Å². The lowest BCUT2D eigenvalue weighted by Gasteiger charge is -2.29. The fourth-order valence-electron chi connectivity index (χ4n) is 4.52. The molecule has 1 fully saturated rings. The van der Waals surface area contributed by atoms with Gasteiger partial charge in [-0.2, -0.15) is 4.98 Å². The van der Waals surface area contributed by atoms with Crippen molar-refractivity contribution in [3.8, 4) is 11.3 Å². The Morgan fingerprint density at radius 1 is 0.943 bits per heavy atom. The summed E-state index contributed by atoms with van der Waals surface area (Å²) in [5.41, 5.74) is 1.81. The van der Waals surface area contributed by atoms with Gasteiger partial charge in [-0.15, -0.1) is 0 Å². The van der Waals surface area contributed by atoms with Gasteiger partial charge >= 0.3 is 0 Å². The number of para-hydroxylation sites is 1. The number of halogens is 1. The van der Waals surface area contributed by atoms with Gasteiger partial charge in [0.2, 0.25) is 5.95 Å². The predicted molar refractivity (Wildman–Crippen MR) is 140 cm³/mol. The molecule has 0 saturated heterocycles. The minimum Gasteiger partial charge on any atom is -0.451 e. The van der Waals surface area contributed by atoms with Crippen molar-refractivity contribution in [3.63, 3.8) is 0 Å². The second-order valence-electron chi connectivity index (χ2n) is 9.12. The zero-order valence-electron chi connectivity index (χ0n) is 19.8. The molecule has 2 aromatic carbocycles. The lowest BCUT2D eigenvalue weighted by atomic mass is 9.91. The molecular weight excluding hydrogens is 462 g/mol. The van der Waals surface area contributed by atoms with Crippen LogP contribution in [0.4, 0.5) is 11.8 Å². The van der Waals surface area contributed by atoms with Gasteiger partial charge in [-0.3, -0.25) is 4.79 Å². The van der Waals surface area contributed by atoms with Crippen molar-refractivity contribution in [2.45, 2.75) is 37.8 Å². The number of anilines is 2. The third-order valence-corrected chi connectivity index (χ3v) is 6.61. The van der Waals surface area contributed by atoms with Gasteiger partial charge in [0.05, 0.1) is 5.52 Å². The first-order valence-electron chi connectivity index (χ1n) is 11.8. The van der Waals surface area contributed by atoms with Crippen LogP contribution in [-0.2, 0) is 0 Å². The number of carbonyl (C=O) groups is 1. The first kappa shape index (κ1) is 23.2. The molecule has 0 bridgehead atoms. The number of carbonyl (C=O) groups excluding carboxylic acids is 1. The van der Waals surface area contributed by atoms with E-state index in [9.17, 15) is 4.79 Å². The second-order valence-corrected chi connectivity index (χ2v) is 9.56. The number of hydrogen-bond acceptors (Lipinski definition) is 6. The number of nitrogens with zero attached hydrogens (tertiary/aromatic N) is 3. The zero-order valence-corrected chi connectivity index (χ0v) is 20.5. The predicted octanol–water partition coefficient (Wildman–Crippen LogP) is 5.76. The molecule has 0 atom stereocenters. The van der Waals surface area contributed by atoms with E-state index in [0.717, 1.165) is 48.0 Å². The molecule has 7 nitrogen and oxygen atoms in total. The highest BCUT2D eigenvalue weighted by molar-refractivity contribution is 6.30. The molecule has 0 radical (unpaired) electrons. The van der Waals surface area contributed by atoms with E-state index >= 15 is 0 Å². The van der Waals surface area contributed by atoms with Crippen molar-refractivity contribution in [3.05, 3.63) is 71.4 Å². The maximum Gasteiger partial charge on any atom is 0.287 e. The van der Waals surface area contributed by atoms with Crippen molar-refractivity contribution in [1.82, 2.24) is 15.3 Å². The average Bonchev–Trinajstić information content (AvgIpc) is 3.36. The molecule has 2 heterocycles. The monoisotopic (exact) mass is 489 g/mol. The summed E-state index contributed by atoms with van der Waals surface area (Å²) >= 11 is 5.95. The summed E-state index contributed by atoms with van der Waals surface area (Å²) in [6, 6.07) is 19.3. The maximum absolute atomic E-state index is 12.7. The number of hydrogen-bond donors (Lipinski definition) is 2. The highest BCUT2D eigenvalue weighted by Gasteiger charge is 2.25. The molecule has 5 rings (SSSR count). The molecule has 0 spiro atoms. The molecule has 1 aliphatic rings. The average molecular weight is 490 g/mol. The van der Waals surface area contributed by atoms with E-state index in [2.05, 4.69) is 10.6 Å². The number of fused-ring (bicyclic) bond motifs is 1. The summed E-state index contributed by atoms with van der Waals surface area (Å²) in [7, 11) is 3.98. The van der Waals surface area contributed by atoms with Gasteiger partial charge in [0.25, 0.3) is 5.91 Å². The van der Waals surface area contributed by atoms with Crippen molar-refractivity contribution >= 4 is 40.2 Å². The van der Waals surface area contributed by atoms with E-state index in [1.165, 1.54) is 0 Å². The Kier molecular flexibility index (Phi) is 6.59. The minimum absolute atomic E-state index is 0.111. The molecule has 1 amide bonds. The quantitative estimate of drug-likeness (QED) is 0.358. The van der Waals surface area contributed by atoms with Gasteiger partial charge in [-0.1, -0.05) is 23.7 Å². The Labute approximate surface area is 209 Å². The molecule has 2 aromatic heterocycles. The number of aromatic nitrogens is 2. The number of rotatable bonds is 6. The van der Waals surface area contributed by atoms with Gasteiger partial charge in [-0.25, -0.2) is 4.98 Å². The maximum atomic E-state index is 12.7. The number of furan rings is 1. The van der Waals surface area contributed by atoms with E-state index in [4.69, 9.17) is 26.0 Å². The molecule has 1 saturated carbocycles. The van der Waals surface area contributed by atoms with Crippen molar-refractivity contribution < 1.29 is 9.21 Å². The Hall–Kier alpha value is -3.58. The number of amides is 1. The van der Waals surface area contributed by atoms with Crippen LogP contribution < -0.4 is 15.5 Å². The number of nitrogens with one attached hydrogen (secondary N) is 2. The Morgan fingerprint density at radius 3 is 2.40 bits per heavy atom. The van der Waals surface area contributed by atoms with Crippen LogP contribution in [0.1, 0.15) is 36.2 Å². The Morgan fingerprint density at radius 2 is 1.66 bits per heavy atom. The van der Waals surface area contributed by atoms with E-state index < -0.39 is 0 Å². The molecule has 4 aromatic rings. The van der Waals surface area contributed by atoms with E-state index in [0.29, 0.717) is 22.5 Å². The highest BCUT2D eigenvalue weighted by atomic mass is 35.5. The fraction of sp³-hybridized carbons (Fsp3) is 0.296. The van der Waals surface area contributed by atoms with E-state index in [1.54, 1.807) is 18.2 Å². The molecule has 0 aliphatic heterocycles. The topological polar surface area (TPSA) is 83.3 Å². The summed E-state index contributed by atoms with van der Waals surface area (Å²) in [4.78, 5) is 24.2. The van der Waals surface area contributed by atoms with Crippen molar-refractivity contribution in [2.75, 3.05) is 24.3 Å². The van der Waals surface area contributed by atoms with Gasteiger partial charge in [0.1, 0.15) is 11.6 Å². The minimum atomic E-state index is -0.185. The molecule has 8 heteroatoms. The summed E-state index contributed by atoms with van der Waals surface area (Å²) in [6.45, 7) is 0. The van der Waals surface area contributed by atoms with Gasteiger partial charge in [-0.05, 0) is 74.2 Å². The normalized spacial score (nSPS) is 17.8.